The molecule has 4 heteroatoms. The number of hydrogen-bond donors (Lipinski definition) is 2. The average Bonchev–Trinajstić information content (AvgIpc) is 2.66. The van der Waals surface area contributed by atoms with Crippen LogP contribution in [0.1, 0.15) is 129 Å². The van der Waals surface area contributed by atoms with Gasteiger partial charge in [0.2, 0.25) is 0 Å². The molecular formula is C22H44N2O2. The summed E-state index contributed by atoms with van der Waals surface area (Å²) in [5.74, 6) is 0. The summed E-state index contributed by atoms with van der Waals surface area (Å²) in [5.41, 5.74) is 1.14. The molecule has 0 aromatic rings. The molecule has 2 N–H and O–H groups in total. The van der Waals surface area contributed by atoms with E-state index in [0.717, 1.165) is 25.7 Å². The SMILES string of the molecule is CCCCCCCCCCC(=NO)C(CCCCCCCCCC)=NO. The van der Waals surface area contributed by atoms with Gasteiger partial charge in [0, 0.05) is 0 Å². The summed E-state index contributed by atoms with van der Waals surface area (Å²) in [7, 11) is 0. The van der Waals surface area contributed by atoms with Crippen LogP contribution in [0.4, 0.5) is 0 Å². The standard InChI is InChI=1S/C22H44N2O2/c1-3-5-7-9-11-13-15-17-19-21(23-25)22(24-26)20-18-16-14-12-10-8-6-4-2/h25-26H,3-20H2,1-2H3. The van der Waals surface area contributed by atoms with E-state index in [1.165, 1.54) is 77.0 Å². The number of unbranched alkanes of at least 4 members (excludes halogenated alkanes) is 14. The molecule has 0 bridgehead atoms. The zero-order chi connectivity index (χ0) is 19.3. The molecule has 0 rings (SSSR count). The maximum atomic E-state index is 9.25. The Morgan fingerprint density at radius 2 is 0.731 bits per heavy atom. The van der Waals surface area contributed by atoms with Gasteiger partial charge < -0.3 is 10.4 Å². The zero-order valence-corrected chi connectivity index (χ0v) is 17.5. The molecule has 154 valence electrons. The molecule has 0 amide bonds. The predicted molar refractivity (Wildman–Crippen MR) is 113 cm³/mol. The lowest BCUT2D eigenvalue weighted by molar-refractivity contribution is 0.312. The van der Waals surface area contributed by atoms with E-state index < -0.39 is 0 Å². The van der Waals surface area contributed by atoms with Crippen molar-refractivity contribution < 1.29 is 10.4 Å². The summed E-state index contributed by atoms with van der Waals surface area (Å²) in [6.07, 6.45) is 21.4. The number of rotatable bonds is 19. The number of hydrogen-bond acceptors (Lipinski definition) is 4. The minimum Gasteiger partial charge on any atom is -0.411 e. The first-order valence-corrected chi connectivity index (χ1v) is 11.2. The van der Waals surface area contributed by atoms with Crippen molar-refractivity contribution in [3.05, 3.63) is 0 Å². The van der Waals surface area contributed by atoms with Gasteiger partial charge in [-0.15, -0.1) is 0 Å². The van der Waals surface area contributed by atoms with Crippen LogP contribution in [0.5, 0.6) is 0 Å². The van der Waals surface area contributed by atoms with Crippen molar-refractivity contribution in [2.75, 3.05) is 0 Å². The van der Waals surface area contributed by atoms with Gasteiger partial charge in [-0.25, -0.2) is 0 Å². The smallest absolute Gasteiger partial charge is 0.104 e. The van der Waals surface area contributed by atoms with Crippen LogP contribution in [-0.2, 0) is 0 Å². The lowest BCUT2D eigenvalue weighted by Gasteiger charge is -2.07. The highest BCUT2D eigenvalue weighted by molar-refractivity contribution is 6.42. The molecule has 0 aromatic heterocycles. The highest BCUT2D eigenvalue weighted by Crippen LogP contribution is 2.13. The molecule has 0 spiro atoms. The van der Waals surface area contributed by atoms with E-state index in [9.17, 15) is 10.4 Å². The van der Waals surface area contributed by atoms with Crippen LogP contribution in [0.15, 0.2) is 10.3 Å². The Hall–Kier alpha value is -1.06. The van der Waals surface area contributed by atoms with E-state index >= 15 is 0 Å². The minimum atomic E-state index is 0.571. The third-order valence-electron chi connectivity index (χ3n) is 5.11. The van der Waals surface area contributed by atoms with E-state index in [1.54, 1.807) is 0 Å². The summed E-state index contributed by atoms with van der Waals surface area (Å²) >= 11 is 0. The lowest BCUT2D eigenvalue weighted by atomic mass is 10.0. The largest absolute Gasteiger partial charge is 0.411 e. The molecule has 0 unspecified atom stereocenters. The van der Waals surface area contributed by atoms with Gasteiger partial charge in [0.15, 0.2) is 0 Å². The van der Waals surface area contributed by atoms with Crippen molar-refractivity contribution in [1.29, 1.82) is 0 Å². The molecule has 0 heterocycles. The second-order valence-corrected chi connectivity index (χ2v) is 7.54. The van der Waals surface area contributed by atoms with Crippen LogP contribution in [0.25, 0.3) is 0 Å². The van der Waals surface area contributed by atoms with Crippen molar-refractivity contribution >= 4 is 11.4 Å². The quantitative estimate of drug-likeness (QED) is 0.106. The van der Waals surface area contributed by atoms with E-state index in [0.29, 0.717) is 24.3 Å². The van der Waals surface area contributed by atoms with Gasteiger partial charge in [0.25, 0.3) is 0 Å². The summed E-state index contributed by atoms with van der Waals surface area (Å²) < 4.78 is 0. The molecule has 0 radical (unpaired) electrons. The molecular weight excluding hydrogens is 324 g/mol. The van der Waals surface area contributed by atoms with E-state index in [4.69, 9.17) is 0 Å². The predicted octanol–water partition coefficient (Wildman–Crippen LogP) is 7.71. The monoisotopic (exact) mass is 368 g/mol. The van der Waals surface area contributed by atoms with Crippen molar-refractivity contribution in [1.82, 2.24) is 0 Å². The third kappa shape index (κ3) is 15.2. The third-order valence-corrected chi connectivity index (χ3v) is 5.11. The molecule has 0 saturated carbocycles. The number of nitrogens with zero attached hydrogens (tertiary/aromatic N) is 2. The van der Waals surface area contributed by atoms with Gasteiger partial charge in [-0.05, 0) is 25.7 Å². The van der Waals surface area contributed by atoms with Gasteiger partial charge in [0.1, 0.15) is 11.4 Å². The van der Waals surface area contributed by atoms with E-state index in [2.05, 4.69) is 24.2 Å². The molecule has 26 heavy (non-hydrogen) atoms. The van der Waals surface area contributed by atoms with Crippen molar-refractivity contribution in [2.45, 2.75) is 129 Å². The highest BCUT2D eigenvalue weighted by atomic mass is 16.4. The Bertz CT molecular complexity index is 320. The molecule has 0 atom stereocenters. The fraction of sp³-hybridized carbons (Fsp3) is 0.909. The van der Waals surface area contributed by atoms with Gasteiger partial charge in [-0.3, -0.25) is 0 Å². The Kier molecular flexibility index (Phi) is 19.4. The lowest BCUT2D eigenvalue weighted by Crippen LogP contribution is -2.14. The van der Waals surface area contributed by atoms with Gasteiger partial charge in [-0.2, -0.15) is 0 Å². The van der Waals surface area contributed by atoms with Gasteiger partial charge in [-0.1, -0.05) is 114 Å². The Labute approximate surface area is 162 Å². The topological polar surface area (TPSA) is 65.2 Å². The zero-order valence-electron chi connectivity index (χ0n) is 17.5. The van der Waals surface area contributed by atoms with Crippen LogP contribution in [0, 0.1) is 0 Å². The van der Waals surface area contributed by atoms with Crippen molar-refractivity contribution in [3.63, 3.8) is 0 Å². The van der Waals surface area contributed by atoms with Crippen LogP contribution >= 0.6 is 0 Å². The molecule has 4 nitrogen and oxygen atoms in total. The van der Waals surface area contributed by atoms with Crippen LogP contribution in [-0.4, -0.2) is 21.8 Å². The summed E-state index contributed by atoms with van der Waals surface area (Å²) in [4.78, 5) is 0. The van der Waals surface area contributed by atoms with Crippen molar-refractivity contribution in [3.8, 4) is 0 Å². The normalized spacial score (nSPS) is 12.7. The maximum absolute atomic E-state index is 9.25. The first kappa shape index (κ1) is 24.9. The fourth-order valence-electron chi connectivity index (χ4n) is 3.36. The summed E-state index contributed by atoms with van der Waals surface area (Å²) in [6, 6.07) is 0. The molecule has 0 fully saturated rings. The Morgan fingerprint density at radius 3 is 1.00 bits per heavy atom. The van der Waals surface area contributed by atoms with Crippen LogP contribution in [0.3, 0.4) is 0 Å². The van der Waals surface area contributed by atoms with Crippen LogP contribution in [0.2, 0.25) is 0 Å². The van der Waals surface area contributed by atoms with E-state index in [-0.39, 0.29) is 0 Å². The molecule has 0 aromatic carbocycles. The maximum Gasteiger partial charge on any atom is 0.104 e. The summed E-state index contributed by atoms with van der Waals surface area (Å²) in [6.45, 7) is 4.48. The van der Waals surface area contributed by atoms with Gasteiger partial charge >= 0.3 is 0 Å². The van der Waals surface area contributed by atoms with E-state index in [1.807, 2.05) is 0 Å². The average molecular weight is 369 g/mol. The first-order valence-electron chi connectivity index (χ1n) is 11.2. The molecule has 0 saturated heterocycles. The first-order chi connectivity index (χ1) is 12.8. The Morgan fingerprint density at radius 1 is 0.462 bits per heavy atom. The fourth-order valence-corrected chi connectivity index (χ4v) is 3.36. The molecule has 0 aliphatic carbocycles. The number of oxime groups is 2. The minimum absolute atomic E-state index is 0.571. The highest BCUT2D eigenvalue weighted by Gasteiger charge is 2.10. The second-order valence-electron chi connectivity index (χ2n) is 7.54. The Balaban J connectivity index is 3.75. The van der Waals surface area contributed by atoms with Crippen molar-refractivity contribution in [2.24, 2.45) is 10.3 Å². The summed E-state index contributed by atoms with van der Waals surface area (Å²) in [5, 5.41) is 25.3. The molecule has 0 aliphatic heterocycles. The molecule has 0 aliphatic rings. The van der Waals surface area contributed by atoms with Gasteiger partial charge in [0.05, 0.1) is 0 Å². The van der Waals surface area contributed by atoms with Crippen LogP contribution < -0.4 is 0 Å². The second kappa shape index (κ2) is 20.3.